The Hall–Kier alpha value is -4.54. The molecule has 4 heterocycles. The van der Waals surface area contributed by atoms with Crippen molar-refractivity contribution >= 4 is 45.9 Å². The van der Waals surface area contributed by atoms with Gasteiger partial charge in [0.2, 0.25) is 17.7 Å². The van der Waals surface area contributed by atoms with Crippen molar-refractivity contribution in [2.24, 2.45) is 0 Å². The average Bonchev–Trinajstić information content (AvgIpc) is 3.75. The van der Waals surface area contributed by atoms with Gasteiger partial charge in [0.15, 0.2) is 0 Å². The molecule has 0 radical (unpaired) electrons. The molecule has 9 nitrogen and oxygen atoms in total. The standard InChI is InChI=1S/C39H38Cl2N6O3/c1-50-39-25(20-43-22-27-12-17-36(49)45-27)10-15-34(47-39)31-7-3-5-29(38(31)41)28-4-2-6-30(37(28)40)33-14-9-24-18-23(8-13-32(24)46-33)19-42-21-26-11-16-35(48)44-26/h2-10,13-15,18,26-27,42-43H,11-12,16-17,19-22H2,1H3,(H,44,48)(H,45,49). The number of aromatic nitrogens is 2. The zero-order valence-corrected chi connectivity index (χ0v) is 29.2. The van der Waals surface area contributed by atoms with Gasteiger partial charge in [-0.25, -0.2) is 9.97 Å². The lowest BCUT2D eigenvalue weighted by Crippen LogP contribution is -2.35. The van der Waals surface area contributed by atoms with Crippen LogP contribution < -0.4 is 26.0 Å². The van der Waals surface area contributed by atoms with Crippen LogP contribution in [0.2, 0.25) is 10.0 Å². The van der Waals surface area contributed by atoms with Gasteiger partial charge in [0.1, 0.15) is 0 Å². The van der Waals surface area contributed by atoms with Crippen LogP contribution in [-0.4, -0.2) is 54.1 Å². The number of carbonyl (C=O) groups is 2. The van der Waals surface area contributed by atoms with Crippen molar-refractivity contribution < 1.29 is 14.3 Å². The smallest absolute Gasteiger partial charge is 0.220 e. The summed E-state index contributed by atoms with van der Waals surface area (Å²) in [4.78, 5) is 32.7. The summed E-state index contributed by atoms with van der Waals surface area (Å²) in [7, 11) is 1.61. The molecule has 5 aromatic rings. The zero-order valence-electron chi connectivity index (χ0n) is 27.7. The third-order valence-corrected chi connectivity index (χ3v) is 10.1. The van der Waals surface area contributed by atoms with Gasteiger partial charge in [-0.05, 0) is 42.7 Å². The first-order chi connectivity index (χ1) is 24.4. The highest BCUT2D eigenvalue weighted by atomic mass is 35.5. The van der Waals surface area contributed by atoms with E-state index in [1.807, 2.05) is 60.7 Å². The van der Waals surface area contributed by atoms with Crippen molar-refractivity contribution in [1.82, 2.24) is 31.2 Å². The Morgan fingerprint density at radius 2 is 1.30 bits per heavy atom. The van der Waals surface area contributed by atoms with E-state index >= 15 is 0 Å². The molecule has 2 saturated heterocycles. The summed E-state index contributed by atoms with van der Waals surface area (Å²) in [6.07, 6.45) is 2.90. The predicted molar refractivity (Wildman–Crippen MR) is 198 cm³/mol. The number of amides is 2. The van der Waals surface area contributed by atoms with Gasteiger partial charge in [0, 0.05) is 84.3 Å². The minimum Gasteiger partial charge on any atom is -0.481 e. The Balaban J connectivity index is 1.08. The molecule has 2 aliphatic heterocycles. The summed E-state index contributed by atoms with van der Waals surface area (Å²) in [6, 6.07) is 26.3. The van der Waals surface area contributed by atoms with Gasteiger partial charge in [-0.3, -0.25) is 9.59 Å². The van der Waals surface area contributed by atoms with E-state index in [2.05, 4.69) is 39.5 Å². The predicted octanol–water partition coefficient (Wildman–Crippen LogP) is 6.68. The van der Waals surface area contributed by atoms with E-state index in [0.29, 0.717) is 54.1 Å². The van der Waals surface area contributed by atoms with Gasteiger partial charge in [0.05, 0.1) is 34.1 Å². The first-order valence-electron chi connectivity index (χ1n) is 16.9. The van der Waals surface area contributed by atoms with E-state index in [4.69, 9.17) is 37.9 Å². The molecular weight excluding hydrogens is 671 g/mol. The highest BCUT2D eigenvalue weighted by Crippen LogP contribution is 2.42. The lowest BCUT2D eigenvalue weighted by atomic mass is 9.98. The molecule has 2 fully saturated rings. The van der Waals surface area contributed by atoms with Gasteiger partial charge in [-0.1, -0.05) is 77.8 Å². The summed E-state index contributed by atoms with van der Waals surface area (Å²) >= 11 is 14.2. The van der Waals surface area contributed by atoms with E-state index < -0.39 is 0 Å². The molecule has 256 valence electrons. The maximum atomic E-state index is 11.5. The van der Waals surface area contributed by atoms with Crippen LogP contribution in [0.15, 0.2) is 78.9 Å². The maximum Gasteiger partial charge on any atom is 0.220 e. The van der Waals surface area contributed by atoms with Crippen LogP contribution in [0, 0.1) is 0 Å². The van der Waals surface area contributed by atoms with Crippen LogP contribution in [-0.2, 0) is 22.7 Å². The average molecular weight is 710 g/mol. The topological polar surface area (TPSA) is 117 Å². The fourth-order valence-corrected chi connectivity index (χ4v) is 7.32. The van der Waals surface area contributed by atoms with Crippen LogP contribution >= 0.6 is 23.2 Å². The SMILES string of the molecule is COc1nc(-c2cccc(-c3cccc(-c4ccc5cc(CNCC6CCC(=O)N6)ccc5n4)c3Cl)c2Cl)ccc1CNCC1CCC(=O)N1. The number of halogens is 2. The van der Waals surface area contributed by atoms with Gasteiger partial charge < -0.3 is 26.0 Å². The first kappa shape index (κ1) is 33.9. The van der Waals surface area contributed by atoms with Gasteiger partial charge in [0.25, 0.3) is 0 Å². The maximum absolute atomic E-state index is 11.5. The number of nitrogens with one attached hydrogen (secondary N) is 4. The van der Waals surface area contributed by atoms with Gasteiger partial charge in [-0.2, -0.15) is 0 Å². The molecule has 0 spiro atoms. The van der Waals surface area contributed by atoms with Crippen molar-refractivity contribution in [3.8, 4) is 39.5 Å². The number of fused-ring (bicyclic) bond motifs is 1. The van der Waals surface area contributed by atoms with E-state index in [0.717, 1.165) is 69.4 Å². The Bertz CT molecular complexity index is 2070. The Labute approximate surface area is 301 Å². The van der Waals surface area contributed by atoms with Crippen molar-refractivity contribution in [3.63, 3.8) is 0 Å². The first-order valence-corrected chi connectivity index (χ1v) is 17.6. The molecule has 2 unspecified atom stereocenters. The van der Waals surface area contributed by atoms with Crippen molar-refractivity contribution in [3.05, 3.63) is 100 Å². The highest BCUT2D eigenvalue weighted by Gasteiger charge is 2.22. The number of pyridine rings is 2. The molecule has 0 aliphatic carbocycles. The molecule has 7 rings (SSSR count). The Morgan fingerprint density at radius 3 is 1.90 bits per heavy atom. The summed E-state index contributed by atoms with van der Waals surface area (Å²) < 4.78 is 5.65. The quantitative estimate of drug-likeness (QED) is 0.114. The van der Waals surface area contributed by atoms with E-state index in [1.54, 1.807) is 7.11 Å². The van der Waals surface area contributed by atoms with Gasteiger partial charge in [-0.15, -0.1) is 0 Å². The molecule has 2 aliphatic rings. The minimum atomic E-state index is 0.102. The molecule has 11 heteroatoms. The number of nitrogens with zero attached hydrogens (tertiary/aromatic N) is 2. The van der Waals surface area contributed by atoms with E-state index in [1.165, 1.54) is 0 Å². The third-order valence-electron chi connectivity index (χ3n) is 9.32. The second-order valence-corrected chi connectivity index (χ2v) is 13.5. The van der Waals surface area contributed by atoms with Crippen molar-refractivity contribution in [2.75, 3.05) is 20.2 Å². The molecule has 2 aromatic heterocycles. The number of methoxy groups -OCH3 is 1. The zero-order chi connectivity index (χ0) is 34.6. The lowest BCUT2D eigenvalue weighted by molar-refractivity contribution is -0.120. The van der Waals surface area contributed by atoms with Crippen LogP contribution in [0.25, 0.3) is 44.5 Å². The van der Waals surface area contributed by atoms with E-state index in [9.17, 15) is 9.59 Å². The monoisotopic (exact) mass is 708 g/mol. The number of benzene rings is 3. The summed E-state index contributed by atoms with van der Waals surface area (Å²) in [5, 5.41) is 15.0. The number of ether oxygens (including phenoxy) is 1. The third kappa shape index (κ3) is 7.46. The Kier molecular flexibility index (Phi) is 10.3. The number of carbonyl (C=O) groups excluding carboxylic acids is 2. The van der Waals surface area contributed by atoms with Crippen molar-refractivity contribution in [1.29, 1.82) is 0 Å². The second-order valence-electron chi connectivity index (χ2n) is 12.8. The fourth-order valence-electron chi connectivity index (χ4n) is 6.67. The van der Waals surface area contributed by atoms with Crippen LogP contribution in [0.1, 0.15) is 36.8 Å². The molecule has 0 bridgehead atoms. The molecule has 2 atom stereocenters. The minimum absolute atomic E-state index is 0.102. The van der Waals surface area contributed by atoms with Crippen LogP contribution in [0.4, 0.5) is 0 Å². The molecule has 2 amide bonds. The number of hydrogen-bond acceptors (Lipinski definition) is 7. The highest BCUT2D eigenvalue weighted by molar-refractivity contribution is 6.39. The summed E-state index contributed by atoms with van der Waals surface area (Å²) in [6.45, 7) is 2.70. The summed E-state index contributed by atoms with van der Waals surface area (Å²) in [5.74, 6) is 0.743. The molecule has 50 heavy (non-hydrogen) atoms. The Morgan fingerprint density at radius 1 is 0.720 bits per heavy atom. The fraction of sp³-hybridized carbons (Fsp3) is 0.282. The number of rotatable bonds is 12. The van der Waals surface area contributed by atoms with Gasteiger partial charge >= 0.3 is 0 Å². The largest absolute Gasteiger partial charge is 0.481 e. The number of hydrogen-bond donors (Lipinski definition) is 4. The molecule has 3 aromatic carbocycles. The molecular formula is C39H38Cl2N6O3. The van der Waals surface area contributed by atoms with E-state index in [-0.39, 0.29) is 23.9 Å². The van der Waals surface area contributed by atoms with Crippen molar-refractivity contribution in [2.45, 2.75) is 50.9 Å². The lowest BCUT2D eigenvalue weighted by Gasteiger charge is -2.16. The molecule has 0 saturated carbocycles. The second kappa shape index (κ2) is 15.1. The molecule has 4 N–H and O–H groups in total. The normalized spacial score (nSPS) is 17.3. The van der Waals surface area contributed by atoms with Crippen LogP contribution in [0.5, 0.6) is 5.88 Å². The van der Waals surface area contributed by atoms with Crippen LogP contribution in [0.3, 0.4) is 0 Å². The summed E-state index contributed by atoms with van der Waals surface area (Å²) in [5.41, 5.74) is 7.55.